The lowest BCUT2D eigenvalue weighted by atomic mass is 9.89. The summed E-state index contributed by atoms with van der Waals surface area (Å²) >= 11 is 5.94. The molecule has 4 unspecified atom stereocenters. The van der Waals surface area contributed by atoms with Crippen molar-refractivity contribution in [3.05, 3.63) is 11.6 Å². The van der Waals surface area contributed by atoms with E-state index in [1.165, 1.54) is 0 Å². The predicted octanol–water partition coefficient (Wildman–Crippen LogP) is 2.19. The number of nitrogens with zero attached hydrogens (tertiary/aromatic N) is 3. The van der Waals surface area contributed by atoms with E-state index in [-0.39, 0.29) is 18.1 Å². The Hall–Kier alpha value is -0.650. The number of halogens is 1. The summed E-state index contributed by atoms with van der Waals surface area (Å²) in [4.78, 5) is 0. The smallest absolute Gasteiger partial charge is 0.148 e. The Labute approximate surface area is 119 Å². The summed E-state index contributed by atoms with van der Waals surface area (Å²) in [6.07, 6.45) is 0.394. The third-order valence-corrected chi connectivity index (χ3v) is 4.27. The maximum absolute atomic E-state index is 5.94. The molecule has 2 heterocycles. The number of aromatic nitrogens is 3. The van der Waals surface area contributed by atoms with E-state index in [2.05, 4.69) is 35.5 Å². The predicted molar refractivity (Wildman–Crippen MR) is 73.4 cm³/mol. The highest BCUT2D eigenvalue weighted by molar-refractivity contribution is 6.16. The fourth-order valence-electron chi connectivity index (χ4n) is 2.83. The first kappa shape index (κ1) is 14.8. The Morgan fingerprint density at radius 2 is 2.00 bits per heavy atom. The van der Waals surface area contributed by atoms with E-state index in [1.807, 2.05) is 0 Å². The van der Waals surface area contributed by atoms with Crippen LogP contribution in [0.4, 0.5) is 0 Å². The molecule has 0 aromatic carbocycles. The molecule has 4 atom stereocenters. The highest BCUT2D eigenvalue weighted by Gasteiger charge is 2.41. The second kappa shape index (κ2) is 6.20. The van der Waals surface area contributed by atoms with Gasteiger partial charge < -0.3 is 14.0 Å². The zero-order valence-electron chi connectivity index (χ0n) is 12.0. The van der Waals surface area contributed by atoms with Crippen LogP contribution < -0.4 is 0 Å². The number of rotatable bonds is 5. The van der Waals surface area contributed by atoms with Gasteiger partial charge in [-0.2, -0.15) is 0 Å². The van der Waals surface area contributed by atoms with Gasteiger partial charge in [0.1, 0.15) is 11.6 Å². The largest absolute Gasteiger partial charge is 0.383 e. The van der Waals surface area contributed by atoms with E-state index in [1.54, 1.807) is 7.11 Å². The van der Waals surface area contributed by atoms with Gasteiger partial charge in [-0.1, -0.05) is 6.92 Å². The lowest BCUT2D eigenvalue weighted by Crippen LogP contribution is -2.22. The summed E-state index contributed by atoms with van der Waals surface area (Å²) in [5, 5.41) is 8.55. The molecule has 6 heteroatoms. The molecule has 0 spiro atoms. The van der Waals surface area contributed by atoms with Gasteiger partial charge in [0.15, 0.2) is 0 Å². The van der Waals surface area contributed by atoms with Crippen LogP contribution in [-0.4, -0.2) is 40.7 Å². The maximum atomic E-state index is 5.94. The molecule has 108 valence electrons. The standard InChI is InChI=1S/C13H22ClN3O2/c1-8-9(2)19-10(3)12(8)13-16-15-11(7-14)17(13)5-6-18-4/h8-10,12H,5-7H2,1-4H3. The van der Waals surface area contributed by atoms with Crippen LogP contribution in [0.1, 0.15) is 38.3 Å². The summed E-state index contributed by atoms with van der Waals surface area (Å²) in [6, 6.07) is 0. The molecule has 19 heavy (non-hydrogen) atoms. The molecule has 0 aliphatic carbocycles. The summed E-state index contributed by atoms with van der Waals surface area (Å²) in [5.74, 6) is 2.81. The highest BCUT2D eigenvalue weighted by Crippen LogP contribution is 2.39. The third kappa shape index (κ3) is 2.78. The Morgan fingerprint density at radius 3 is 2.53 bits per heavy atom. The molecule has 1 fully saturated rings. The van der Waals surface area contributed by atoms with Crippen LogP contribution in [0.5, 0.6) is 0 Å². The molecule has 0 N–H and O–H groups in total. The van der Waals surface area contributed by atoms with Crippen molar-refractivity contribution in [3.63, 3.8) is 0 Å². The molecule has 0 radical (unpaired) electrons. The van der Waals surface area contributed by atoms with Crippen molar-refractivity contribution >= 4 is 11.6 Å². The first-order chi connectivity index (χ1) is 9.10. The normalized spacial score (nSPS) is 31.0. The maximum Gasteiger partial charge on any atom is 0.148 e. The quantitative estimate of drug-likeness (QED) is 0.779. The second-order valence-electron chi connectivity index (χ2n) is 5.18. The third-order valence-electron chi connectivity index (χ3n) is 4.03. The molecular weight excluding hydrogens is 266 g/mol. The van der Waals surface area contributed by atoms with Crippen molar-refractivity contribution < 1.29 is 9.47 Å². The van der Waals surface area contributed by atoms with Crippen molar-refractivity contribution in [2.45, 2.75) is 51.3 Å². The van der Waals surface area contributed by atoms with E-state index in [4.69, 9.17) is 21.1 Å². The van der Waals surface area contributed by atoms with E-state index < -0.39 is 0 Å². The molecule has 1 aliphatic rings. The summed E-state index contributed by atoms with van der Waals surface area (Å²) in [7, 11) is 1.69. The second-order valence-corrected chi connectivity index (χ2v) is 5.45. The van der Waals surface area contributed by atoms with Gasteiger partial charge in [0.2, 0.25) is 0 Å². The van der Waals surface area contributed by atoms with E-state index >= 15 is 0 Å². The topological polar surface area (TPSA) is 49.2 Å². The van der Waals surface area contributed by atoms with Crippen LogP contribution in [0, 0.1) is 5.92 Å². The fraction of sp³-hybridized carbons (Fsp3) is 0.846. The molecule has 1 aromatic heterocycles. The Morgan fingerprint density at radius 1 is 1.26 bits per heavy atom. The number of alkyl halides is 1. The molecule has 5 nitrogen and oxygen atoms in total. The zero-order chi connectivity index (χ0) is 14.0. The van der Waals surface area contributed by atoms with E-state index in [9.17, 15) is 0 Å². The van der Waals surface area contributed by atoms with Crippen molar-refractivity contribution in [2.75, 3.05) is 13.7 Å². The fourth-order valence-corrected chi connectivity index (χ4v) is 3.03. The van der Waals surface area contributed by atoms with Crippen molar-refractivity contribution in [1.82, 2.24) is 14.8 Å². The highest BCUT2D eigenvalue weighted by atomic mass is 35.5. The summed E-state index contributed by atoms with van der Waals surface area (Å²) in [6.45, 7) is 7.76. The van der Waals surface area contributed by atoms with Crippen molar-refractivity contribution in [3.8, 4) is 0 Å². The molecule has 0 saturated carbocycles. The van der Waals surface area contributed by atoms with Crippen LogP contribution in [-0.2, 0) is 21.9 Å². The van der Waals surface area contributed by atoms with Crippen LogP contribution >= 0.6 is 11.6 Å². The lowest BCUT2D eigenvalue weighted by Gasteiger charge is -2.19. The lowest BCUT2D eigenvalue weighted by molar-refractivity contribution is 0.0551. The SMILES string of the molecule is COCCn1c(CCl)nnc1C1C(C)OC(C)C1C. The van der Waals surface area contributed by atoms with Gasteiger partial charge in [-0.15, -0.1) is 21.8 Å². The summed E-state index contributed by atoms with van der Waals surface area (Å²) < 4.78 is 13.1. The van der Waals surface area contributed by atoms with Crippen molar-refractivity contribution in [2.24, 2.45) is 5.92 Å². The minimum atomic E-state index is 0.152. The van der Waals surface area contributed by atoms with Gasteiger partial charge in [0.05, 0.1) is 30.6 Å². The van der Waals surface area contributed by atoms with Gasteiger partial charge in [0.25, 0.3) is 0 Å². The van der Waals surface area contributed by atoms with Gasteiger partial charge >= 0.3 is 0 Å². The number of ether oxygens (including phenoxy) is 2. The number of methoxy groups -OCH3 is 1. The average Bonchev–Trinajstić information content (AvgIpc) is 2.89. The average molecular weight is 288 g/mol. The molecule has 2 rings (SSSR count). The Balaban J connectivity index is 2.30. The number of hydrogen-bond acceptors (Lipinski definition) is 4. The van der Waals surface area contributed by atoms with Crippen LogP contribution in [0.2, 0.25) is 0 Å². The summed E-state index contributed by atoms with van der Waals surface area (Å²) in [5.41, 5.74) is 0. The minimum absolute atomic E-state index is 0.152. The first-order valence-electron chi connectivity index (χ1n) is 6.72. The van der Waals surface area contributed by atoms with Crippen LogP contribution in [0.25, 0.3) is 0 Å². The molecule has 1 aliphatic heterocycles. The van der Waals surface area contributed by atoms with Crippen LogP contribution in [0.15, 0.2) is 0 Å². The van der Waals surface area contributed by atoms with Gasteiger partial charge in [-0.3, -0.25) is 0 Å². The van der Waals surface area contributed by atoms with Gasteiger partial charge in [0, 0.05) is 13.7 Å². The molecular formula is C13H22ClN3O2. The minimum Gasteiger partial charge on any atom is -0.383 e. The molecule has 0 amide bonds. The number of hydrogen-bond donors (Lipinski definition) is 0. The monoisotopic (exact) mass is 287 g/mol. The molecule has 1 aromatic rings. The molecule has 0 bridgehead atoms. The van der Waals surface area contributed by atoms with Gasteiger partial charge in [-0.05, 0) is 19.8 Å². The Bertz CT molecular complexity index is 424. The van der Waals surface area contributed by atoms with E-state index in [0.717, 1.165) is 18.2 Å². The Kier molecular flexibility index (Phi) is 4.81. The van der Waals surface area contributed by atoms with Crippen LogP contribution in [0.3, 0.4) is 0 Å². The molecule has 1 saturated heterocycles. The van der Waals surface area contributed by atoms with E-state index in [0.29, 0.717) is 18.4 Å². The van der Waals surface area contributed by atoms with Crippen molar-refractivity contribution in [1.29, 1.82) is 0 Å². The first-order valence-corrected chi connectivity index (χ1v) is 7.26. The van der Waals surface area contributed by atoms with Gasteiger partial charge in [-0.25, -0.2) is 0 Å². The zero-order valence-corrected chi connectivity index (χ0v) is 12.7.